The van der Waals surface area contributed by atoms with E-state index in [4.69, 9.17) is 10.5 Å². The third-order valence-corrected chi connectivity index (χ3v) is 9.33. The van der Waals surface area contributed by atoms with Crippen molar-refractivity contribution in [1.82, 2.24) is 0 Å². The van der Waals surface area contributed by atoms with Crippen LogP contribution < -0.4 is 10.6 Å². The molecule has 1 amide bonds. The zero-order valence-electron chi connectivity index (χ0n) is 22.7. The molecule has 3 rings (SSSR count). The predicted molar refractivity (Wildman–Crippen MR) is 144 cm³/mol. The van der Waals surface area contributed by atoms with Gasteiger partial charge in [0.2, 0.25) is 5.91 Å². The van der Waals surface area contributed by atoms with Gasteiger partial charge in [0.15, 0.2) is 0 Å². The Morgan fingerprint density at radius 1 is 1.06 bits per heavy atom. The fourth-order valence-corrected chi connectivity index (χ4v) is 6.26. The van der Waals surface area contributed by atoms with E-state index in [1.807, 2.05) is 24.8 Å². The minimum atomic E-state index is -0.995. The Hall–Kier alpha value is -1.93. The molecule has 36 heavy (non-hydrogen) atoms. The summed E-state index contributed by atoms with van der Waals surface area (Å²) in [5, 5.41) is 10.1. The number of hydrogen-bond donors (Lipinski definition) is 2. The van der Waals surface area contributed by atoms with Crippen molar-refractivity contribution in [1.29, 1.82) is 0 Å². The van der Waals surface area contributed by atoms with Gasteiger partial charge < -0.3 is 20.5 Å². The van der Waals surface area contributed by atoms with E-state index in [-0.39, 0.29) is 46.2 Å². The molecule has 0 saturated heterocycles. The average molecular weight is 521 g/mol. The standard InChI is InChI=1S/C28H44N2O5S/c1-16(2)23(29)27(34)35-20-13-11-19(12-14-20)30(25(31)18-9-7-17(3)8-10-18)21-15-22(28(4,5)6)36-24(21)26(32)33/h15-20,23H,7-14,29H2,1-6H3,(H,32,33)/t17-,18-,19-,20-,23-/m0/s1. The van der Waals surface area contributed by atoms with E-state index < -0.39 is 12.0 Å². The van der Waals surface area contributed by atoms with Crippen LogP contribution in [0, 0.1) is 17.8 Å². The molecule has 0 aliphatic heterocycles. The molecule has 0 aromatic carbocycles. The average Bonchev–Trinajstić information content (AvgIpc) is 3.26. The number of anilines is 1. The molecule has 3 N–H and O–H groups in total. The predicted octanol–water partition coefficient (Wildman–Crippen LogP) is 5.74. The molecule has 0 unspecified atom stereocenters. The van der Waals surface area contributed by atoms with E-state index in [1.165, 1.54) is 11.3 Å². The highest BCUT2D eigenvalue weighted by Crippen LogP contribution is 2.42. The van der Waals surface area contributed by atoms with Crippen molar-refractivity contribution in [3.05, 3.63) is 15.8 Å². The first-order valence-electron chi connectivity index (χ1n) is 13.5. The Labute approximate surface area is 219 Å². The van der Waals surface area contributed by atoms with Gasteiger partial charge in [-0.15, -0.1) is 11.3 Å². The second kappa shape index (κ2) is 11.6. The Balaban J connectivity index is 1.86. The third-order valence-electron chi connectivity index (χ3n) is 7.79. The summed E-state index contributed by atoms with van der Waals surface area (Å²) >= 11 is 1.27. The van der Waals surface area contributed by atoms with Gasteiger partial charge in [0.25, 0.3) is 0 Å². The van der Waals surface area contributed by atoms with Gasteiger partial charge >= 0.3 is 11.9 Å². The van der Waals surface area contributed by atoms with E-state index in [2.05, 4.69) is 27.7 Å². The number of nitrogens with two attached hydrogens (primary N) is 1. The fourth-order valence-electron chi connectivity index (χ4n) is 5.22. The molecule has 2 aliphatic rings. The number of carboxylic acid groups (broad SMARTS) is 1. The number of rotatable bonds is 7. The van der Waals surface area contributed by atoms with Crippen molar-refractivity contribution in [3.8, 4) is 0 Å². The number of esters is 1. The summed E-state index contributed by atoms with van der Waals surface area (Å²) in [4.78, 5) is 41.7. The van der Waals surface area contributed by atoms with E-state index in [1.54, 1.807) is 0 Å². The van der Waals surface area contributed by atoms with E-state index in [0.29, 0.717) is 37.3 Å². The topological polar surface area (TPSA) is 110 Å². The molecule has 1 heterocycles. The summed E-state index contributed by atoms with van der Waals surface area (Å²) in [5.41, 5.74) is 6.27. The number of carbonyl (C=O) groups is 3. The van der Waals surface area contributed by atoms with Crippen LogP contribution in [-0.2, 0) is 19.7 Å². The smallest absolute Gasteiger partial charge is 0.348 e. The summed E-state index contributed by atoms with van der Waals surface area (Å²) in [7, 11) is 0. The number of thiophene rings is 1. The molecule has 2 aliphatic carbocycles. The number of carboxylic acids is 1. The van der Waals surface area contributed by atoms with Crippen LogP contribution >= 0.6 is 11.3 Å². The molecule has 1 atom stereocenters. The van der Waals surface area contributed by atoms with Gasteiger partial charge in [0.05, 0.1) is 5.69 Å². The van der Waals surface area contributed by atoms with Crippen LogP contribution in [0.15, 0.2) is 6.07 Å². The lowest BCUT2D eigenvalue weighted by Gasteiger charge is -2.39. The van der Waals surface area contributed by atoms with Gasteiger partial charge in [-0.3, -0.25) is 9.59 Å². The molecule has 202 valence electrons. The highest BCUT2D eigenvalue weighted by atomic mass is 32.1. The van der Waals surface area contributed by atoms with Gasteiger partial charge in [-0.25, -0.2) is 4.79 Å². The van der Waals surface area contributed by atoms with Crippen LogP contribution in [0.5, 0.6) is 0 Å². The molecule has 2 saturated carbocycles. The van der Waals surface area contributed by atoms with Gasteiger partial charge in [-0.05, 0) is 74.7 Å². The maximum absolute atomic E-state index is 14.0. The second-order valence-electron chi connectivity index (χ2n) is 12.2. The van der Waals surface area contributed by atoms with Crippen LogP contribution in [-0.4, -0.2) is 41.1 Å². The highest BCUT2D eigenvalue weighted by molar-refractivity contribution is 7.14. The van der Waals surface area contributed by atoms with Crippen molar-refractivity contribution < 1.29 is 24.2 Å². The summed E-state index contributed by atoms with van der Waals surface area (Å²) in [5.74, 6) is -0.784. The van der Waals surface area contributed by atoms with Crippen molar-refractivity contribution in [2.24, 2.45) is 23.5 Å². The van der Waals surface area contributed by atoms with Gasteiger partial charge in [-0.1, -0.05) is 41.5 Å². The monoisotopic (exact) mass is 520 g/mol. The first-order valence-corrected chi connectivity index (χ1v) is 14.3. The lowest BCUT2D eigenvalue weighted by molar-refractivity contribution is -0.153. The summed E-state index contributed by atoms with van der Waals surface area (Å²) in [6.45, 7) is 12.2. The summed E-state index contributed by atoms with van der Waals surface area (Å²) in [6, 6.07) is 1.16. The summed E-state index contributed by atoms with van der Waals surface area (Å²) < 4.78 is 5.69. The third kappa shape index (κ3) is 6.68. The maximum atomic E-state index is 14.0. The number of hydrogen-bond acceptors (Lipinski definition) is 6. The summed E-state index contributed by atoms with van der Waals surface area (Å²) in [6.07, 6.45) is 6.07. The zero-order valence-corrected chi connectivity index (χ0v) is 23.5. The maximum Gasteiger partial charge on any atom is 0.348 e. The molecular formula is C28H44N2O5S. The minimum absolute atomic E-state index is 0.00482. The largest absolute Gasteiger partial charge is 0.477 e. The van der Waals surface area contributed by atoms with Crippen molar-refractivity contribution >= 4 is 34.9 Å². The second-order valence-corrected chi connectivity index (χ2v) is 13.2. The number of amides is 1. The molecule has 2 fully saturated rings. The SMILES string of the molecule is CC(C)[C@H](N)C(=O)O[C@H]1CC[C@H](N(c2cc(C(C)(C)C)sc2C(=O)O)C(=O)[C@H]2CC[C@H](C)CC2)CC1. The molecule has 7 nitrogen and oxygen atoms in total. The molecule has 8 heteroatoms. The Morgan fingerprint density at radius 2 is 1.64 bits per heavy atom. The van der Waals surface area contributed by atoms with Crippen LogP contribution in [0.25, 0.3) is 0 Å². The van der Waals surface area contributed by atoms with Gasteiger partial charge in [0, 0.05) is 16.8 Å². The highest BCUT2D eigenvalue weighted by Gasteiger charge is 2.39. The molecule has 0 spiro atoms. The van der Waals surface area contributed by atoms with E-state index >= 15 is 0 Å². The van der Waals surface area contributed by atoms with Crippen LogP contribution in [0.1, 0.15) is 107 Å². The number of ether oxygens (including phenoxy) is 1. The van der Waals surface area contributed by atoms with Crippen molar-refractivity contribution in [3.63, 3.8) is 0 Å². The number of nitrogens with zero attached hydrogens (tertiary/aromatic N) is 1. The first-order chi connectivity index (χ1) is 16.8. The van der Waals surface area contributed by atoms with E-state index in [9.17, 15) is 19.5 Å². The fraction of sp³-hybridized carbons (Fsp3) is 0.750. The Bertz CT molecular complexity index is 934. The lowest BCUT2D eigenvalue weighted by atomic mass is 9.81. The Morgan fingerprint density at radius 3 is 2.14 bits per heavy atom. The van der Waals surface area contributed by atoms with Crippen molar-refractivity contribution in [2.75, 3.05) is 4.90 Å². The van der Waals surface area contributed by atoms with E-state index in [0.717, 1.165) is 30.6 Å². The van der Waals surface area contributed by atoms with Gasteiger partial charge in [0.1, 0.15) is 17.0 Å². The first kappa shape index (κ1) is 28.6. The van der Waals surface area contributed by atoms with Gasteiger partial charge in [-0.2, -0.15) is 0 Å². The Kier molecular flexibility index (Phi) is 9.25. The molecule has 1 aromatic rings. The molecule has 0 radical (unpaired) electrons. The van der Waals surface area contributed by atoms with Crippen LogP contribution in [0.4, 0.5) is 5.69 Å². The lowest BCUT2D eigenvalue weighted by Crippen LogP contribution is -2.48. The number of carbonyl (C=O) groups excluding carboxylic acids is 2. The number of aromatic carboxylic acids is 1. The molecular weight excluding hydrogens is 476 g/mol. The molecule has 0 bridgehead atoms. The zero-order chi connectivity index (χ0) is 26.8. The van der Waals surface area contributed by atoms with Crippen LogP contribution in [0.3, 0.4) is 0 Å². The minimum Gasteiger partial charge on any atom is -0.477 e. The van der Waals surface area contributed by atoms with Crippen LogP contribution in [0.2, 0.25) is 0 Å². The van der Waals surface area contributed by atoms with Crippen molar-refractivity contribution in [2.45, 2.75) is 117 Å². The quantitative estimate of drug-likeness (QED) is 0.444. The molecule has 1 aromatic heterocycles. The normalized spacial score (nSPS) is 25.9.